The Bertz CT molecular complexity index is 1580. The number of hydrogen-bond acceptors (Lipinski definition) is 9. The third-order valence-corrected chi connectivity index (χ3v) is 5.84. The van der Waals surface area contributed by atoms with Crippen LogP contribution in [0.4, 0.5) is 15.8 Å². The molecule has 13 nitrogen and oxygen atoms in total. The zero-order valence-corrected chi connectivity index (χ0v) is 23.1. The molecule has 0 bridgehead atoms. The number of nitrogens with one attached hydrogen (secondary N) is 3. The van der Waals surface area contributed by atoms with E-state index in [1.165, 1.54) is 6.20 Å². The normalized spacial score (nSPS) is 11.2. The smallest absolute Gasteiger partial charge is 0.349 e. The number of carbonyl (C=O) groups is 1. The summed E-state index contributed by atoms with van der Waals surface area (Å²) in [6, 6.07) is 12.3. The molecule has 0 saturated carbocycles. The average Bonchev–Trinajstić information content (AvgIpc) is 3.34. The third kappa shape index (κ3) is 7.91. The summed E-state index contributed by atoms with van der Waals surface area (Å²) in [7, 11) is 0. The first-order valence-electron chi connectivity index (χ1n) is 12.9. The number of ether oxygens (including phenoxy) is 1. The Morgan fingerprint density at radius 2 is 1.95 bits per heavy atom. The maximum Gasteiger partial charge on any atom is 0.349 e. The van der Waals surface area contributed by atoms with E-state index in [0.29, 0.717) is 24.1 Å². The van der Waals surface area contributed by atoms with E-state index >= 15 is 4.39 Å². The van der Waals surface area contributed by atoms with Gasteiger partial charge in [-0.15, -0.1) is 5.10 Å². The van der Waals surface area contributed by atoms with Gasteiger partial charge in [0, 0.05) is 43.0 Å². The minimum atomic E-state index is -0.955. The van der Waals surface area contributed by atoms with Crippen molar-refractivity contribution in [2.75, 3.05) is 24.3 Å². The number of anilines is 2. The molecule has 4 aromatic rings. The number of aliphatic hydroxyl groups excluding tert-OH is 1. The highest BCUT2D eigenvalue weighted by Crippen LogP contribution is 2.33. The number of H-pyrrole nitrogens is 1. The number of aryl methyl sites for hydroxylation is 1. The average molecular weight is 581 g/mol. The standard InChI is InChI=1S/C26H29FN8O3.C2H4O2/c1-2-15-13-18(21(27)20(14-15)38-12-4-11-36)22(32-17-8-6-16(7-9-17)23(29)30)24-33-26(37)35(34-24)25-19(28)5-3-10-31-25;1-2(3)4/h3,5-10,13-14,22,32,36H,2,4,11-12,28H2,1H3,(H3,29,30)(H,33,34,37);1H3,(H,3,4)/t22-;/m0./s1. The van der Waals surface area contributed by atoms with E-state index < -0.39 is 23.5 Å². The van der Waals surface area contributed by atoms with Crippen LogP contribution in [0.5, 0.6) is 5.75 Å². The molecule has 4 rings (SSSR count). The van der Waals surface area contributed by atoms with Crippen LogP contribution in [0, 0.1) is 11.2 Å². The van der Waals surface area contributed by atoms with Crippen LogP contribution in [0.3, 0.4) is 0 Å². The molecule has 0 spiro atoms. The van der Waals surface area contributed by atoms with E-state index in [4.69, 9.17) is 36.6 Å². The summed E-state index contributed by atoms with van der Waals surface area (Å²) in [4.78, 5) is 28.7. The molecule has 0 fully saturated rings. The molecule has 0 unspecified atom stereocenters. The highest BCUT2D eigenvalue weighted by molar-refractivity contribution is 5.95. The SMILES string of the molecule is CC(=O)O.CCc1cc(OCCCO)c(F)c([C@H](Nc2ccc(C(=N)N)cc2)c2nn(-c3ncccc3N)c(=O)[nH]2)c1. The Morgan fingerprint density at radius 3 is 2.55 bits per heavy atom. The molecule has 14 heteroatoms. The van der Waals surface area contributed by atoms with Crippen LogP contribution in [0.15, 0.2) is 59.5 Å². The molecule has 0 aliphatic rings. The number of hydrogen-bond donors (Lipinski definition) is 7. The number of carboxylic acids is 1. The van der Waals surface area contributed by atoms with Crippen molar-refractivity contribution in [2.24, 2.45) is 5.73 Å². The Morgan fingerprint density at radius 1 is 1.26 bits per heavy atom. The van der Waals surface area contributed by atoms with Crippen molar-refractivity contribution in [1.29, 1.82) is 5.41 Å². The molecule has 42 heavy (non-hydrogen) atoms. The summed E-state index contributed by atoms with van der Waals surface area (Å²) in [5.41, 5.74) is 13.3. The van der Waals surface area contributed by atoms with Gasteiger partial charge in [-0.2, -0.15) is 4.68 Å². The molecular weight excluding hydrogens is 547 g/mol. The number of halogens is 1. The number of aliphatic hydroxyl groups is 1. The van der Waals surface area contributed by atoms with E-state index in [-0.39, 0.29) is 47.7 Å². The number of nitrogens with zero attached hydrogens (tertiary/aromatic N) is 3. The molecule has 2 heterocycles. The fourth-order valence-electron chi connectivity index (χ4n) is 3.85. The molecule has 0 radical (unpaired) electrons. The van der Waals surface area contributed by atoms with Gasteiger partial charge in [-0.05, 0) is 54.4 Å². The largest absolute Gasteiger partial charge is 0.490 e. The highest BCUT2D eigenvalue weighted by atomic mass is 19.1. The van der Waals surface area contributed by atoms with Crippen molar-refractivity contribution in [2.45, 2.75) is 32.7 Å². The predicted octanol–water partition coefficient (Wildman–Crippen LogP) is 2.58. The molecule has 1 atom stereocenters. The van der Waals surface area contributed by atoms with Crippen LogP contribution in [0.1, 0.15) is 48.8 Å². The second kappa shape index (κ2) is 14.4. The predicted molar refractivity (Wildman–Crippen MR) is 156 cm³/mol. The molecule has 0 aliphatic carbocycles. The number of amidine groups is 1. The quantitative estimate of drug-likeness (QED) is 0.0781. The number of rotatable bonds is 11. The van der Waals surface area contributed by atoms with Gasteiger partial charge in [0.1, 0.15) is 11.9 Å². The van der Waals surface area contributed by atoms with E-state index in [2.05, 4.69) is 20.4 Å². The lowest BCUT2D eigenvalue weighted by molar-refractivity contribution is -0.134. The number of nitrogens with two attached hydrogens (primary N) is 2. The Hall–Kier alpha value is -5.24. The Labute approximate surface area is 240 Å². The Balaban J connectivity index is 0.00000114. The maximum absolute atomic E-state index is 15.9. The summed E-state index contributed by atoms with van der Waals surface area (Å²) < 4.78 is 22.5. The number of aromatic nitrogens is 4. The van der Waals surface area contributed by atoms with Crippen molar-refractivity contribution < 1.29 is 24.1 Å². The summed E-state index contributed by atoms with van der Waals surface area (Å²) in [5, 5.41) is 31.8. The molecule has 2 aromatic carbocycles. The number of aromatic amines is 1. The first-order valence-corrected chi connectivity index (χ1v) is 12.9. The van der Waals surface area contributed by atoms with Crippen LogP contribution in [0.2, 0.25) is 0 Å². The number of nitrogen functional groups attached to an aromatic ring is 2. The molecule has 0 aliphatic heterocycles. The second-order valence-electron chi connectivity index (χ2n) is 9.01. The number of carboxylic acid groups (broad SMARTS) is 1. The van der Waals surface area contributed by atoms with Gasteiger partial charge in [-0.25, -0.2) is 14.2 Å². The fraction of sp³-hybridized carbons (Fsp3) is 0.250. The fourth-order valence-corrected chi connectivity index (χ4v) is 3.85. The summed E-state index contributed by atoms with van der Waals surface area (Å²) >= 11 is 0. The van der Waals surface area contributed by atoms with Gasteiger partial charge in [-0.1, -0.05) is 13.0 Å². The van der Waals surface area contributed by atoms with Gasteiger partial charge in [0.05, 0.1) is 12.3 Å². The van der Waals surface area contributed by atoms with E-state index in [9.17, 15) is 4.79 Å². The minimum absolute atomic E-state index is 0.0299. The minimum Gasteiger partial charge on any atom is -0.490 e. The van der Waals surface area contributed by atoms with Crippen LogP contribution >= 0.6 is 0 Å². The van der Waals surface area contributed by atoms with Gasteiger partial charge in [0.2, 0.25) is 0 Å². The molecule has 222 valence electrons. The maximum atomic E-state index is 15.9. The van der Waals surface area contributed by atoms with Crippen LogP contribution in [-0.2, 0) is 11.2 Å². The lowest BCUT2D eigenvalue weighted by Crippen LogP contribution is -2.18. The van der Waals surface area contributed by atoms with Crippen LogP contribution < -0.4 is 27.2 Å². The first kappa shape index (κ1) is 31.3. The molecule has 2 aromatic heterocycles. The highest BCUT2D eigenvalue weighted by Gasteiger charge is 2.26. The number of aliphatic carboxylic acids is 1. The van der Waals surface area contributed by atoms with Crippen molar-refractivity contribution in [3.8, 4) is 11.6 Å². The van der Waals surface area contributed by atoms with Gasteiger partial charge in [-0.3, -0.25) is 15.2 Å². The van der Waals surface area contributed by atoms with E-state index in [1.54, 1.807) is 48.5 Å². The first-order chi connectivity index (χ1) is 20.0. The molecule has 9 N–H and O–H groups in total. The summed E-state index contributed by atoms with van der Waals surface area (Å²) in [6.07, 6.45) is 2.43. The van der Waals surface area contributed by atoms with Crippen LogP contribution in [-0.4, -0.2) is 55.0 Å². The molecular formula is C28H33FN8O5. The van der Waals surface area contributed by atoms with Gasteiger partial charge in [0.25, 0.3) is 5.97 Å². The van der Waals surface area contributed by atoms with Crippen LogP contribution in [0.25, 0.3) is 5.82 Å². The lowest BCUT2D eigenvalue weighted by atomic mass is 10.00. The summed E-state index contributed by atoms with van der Waals surface area (Å²) in [5.74, 6) is -1.27. The van der Waals surface area contributed by atoms with Crippen molar-refractivity contribution in [3.63, 3.8) is 0 Å². The number of pyridine rings is 1. The molecule has 0 saturated heterocycles. The van der Waals surface area contributed by atoms with Crippen molar-refractivity contribution in [3.05, 3.63) is 93.5 Å². The zero-order chi connectivity index (χ0) is 30.8. The second-order valence-corrected chi connectivity index (χ2v) is 9.01. The molecule has 0 amide bonds. The zero-order valence-electron chi connectivity index (χ0n) is 23.1. The lowest BCUT2D eigenvalue weighted by Gasteiger charge is -2.21. The Kier molecular flexibility index (Phi) is 10.7. The van der Waals surface area contributed by atoms with Gasteiger partial charge >= 0.3 is 5.69 Å². The number of benzene rings is 2. The van der Waals surface area contributed by atoms with E-state index in [0.717, 1.165) is 17.2 Å². The van der Waals surface area contributed by atoms with Gasteiger partial charge in [0.15, 0.2) is 23.2 Å². The van der Waals surface area contributed by atoms with Crippen molar-refractivity contribution >= 4 is 23.2 Å². The van der Waals surface area contributed by atoms with E-state index in [1.807, 2.05) is 6.92 Å². The summed E-state index contributed by atoms with van der Waals surface area (Å²) in [6.45, 7) is 3.06. The van der Waals surface area contributed by atoms with Crippen molar-refractivity contribution in [1.82, 2.24) is 19.7 Å². The topological polar surface area (TPSA) is 218 Å². The monoisotopic (exact) mass is 580 g/mol. The van der Waals surface area contributed by atoms with Gasteiger partial charge < -0.3 is 31.7 Å². The third-order valence-electron chi connectivity index (χ3n) is 5.84.